The number of halogens is 3. The number of hydrogen-bond donors (Lipinski definition) is 0. The summed E-state index contributed by atoms with van der Waals surface area (Å²) in [7, 11) is 1.56. The van der Waals surface area contributed by atoms with E-state index in [0.29, 0.717) is 58.2 Å². The number of nitrogens with zero attached hydrogens (tertiary/aromatic N) is 4. The van der Waals surface area contributed by atoms with Crippen LogP contribution < -0.4 is 4.74 Å². The van der Waals surface area contributed by atoms with Gasteiger partial charge in [-0.05, 0) is 38.8 Å². The van der Waals surface area contributed by atoms with Crippen LogP contribution in [0.4, 0.5) is 13.2 Å². The number of benzene rings is 1. The topological polar surface area (TPSA) is 75.2 Å². The lowest BCUT2D eigenvalue weighted by molar-refractivity contribution is -0.136. The third-order valence-corrected chi connectivity index (χ3v) is 6.43. The Labute approximate surface area is 193 Å². The van der Waals surface area contributed by atoms with Crippen molar-refractivity contribution in [1.82, 2.24) is 19.7 Å². The third kappa shape index (κ3) is 4.00. The van der Waals surface area contributed by atoms with E-state index in [2.05, 4.69) is 10.1 Å². The number of alkyl halides is 3. The zero-order valence-corrected chi connectivity index (χ0v) is 19.2. The molecule has 180 valence electrons. The smallest absolute Gasteiger partial charge is 0.390 e. The molecule has 0 aliphatic carbocycles. The summed E-state index contributed by atoms with van der Waals surface area (Å²) < 4.78 is 57.9. The molecule has 1 aliphatic rings. The first-order chi connectivity index (χ1) is 16.3. The van der Waals surface area contributed by atoms with E-state index < -0.39 is 12.6 Å². The summed E-state index contributed by atoms with van der Waals surface area (Å²) in [5, 5.41) is 4.73. The van der Waals surface area contributed by atoms with Crippen molar-refractivity contribution in [3.8, 4) is 16.9 Å². The van der Waals surface area contributed by atoms with Gasteiger partial charge in [-0.25, -0.2) is 4.98 Å². The maximum Gasteiger partial charge on any atom is 0.390 e. The highest BCUT2D eigenvalue weighted by Crippen LogP contribution is 2.40. The second-order valence-corrected chi connectivity index (χ2v) is 8.63. The molecule has 0 spiro atoms. The molecule has 0 unspecified atom stereocenters. The van der Waals surface area contributed by atoms with Gasteiger partial charge >= 0.3 is 6.18 Å². The first-order valence-corrected chi connectivity index (χ1v) is 11.2. The summed E-state index contributed by atoms with van der Waals surface area (Å²) in [6.07, 6.45) is -2.14. The minimum absolute atomic E-state index is 0.0351. The summed E-state index contributed by atoms with van der Waals surface area (Å²) in [6, 6.07) is 3.70. The summed E-state index contributed by atoms with van der Waals surface area (Å²) in [5.74, 6) is 1.90. The predicted molar refractivity (Wildman–Crippen MR) is 120 cm³/mol. The zero-order valence-electron chi connectivity index (χ0n) is 19.2. The van der Waals surface area contributed by atoms with Crippen molar-refractivity contribution < 1.29 is 27.2 Å². The van der Waals surface area contributed by atoms with Crippen LogP contribution in [0.2, 0.25) is 0 Å². The van der Waals surface area contributed by atoms with Crippen LogP contribution >= 0.6 is 0 Å². The molecule has 0 atom stereocenters. The van der Waals surface area contributed by atoms with Crippen LogP contribution in [-0.2, 0) is 11.3 Å². The first-order valence-electron chi connectivity index (χ1n) is 11.2. The molecule has 1 saturated heterocycles. The molecule has 0 amide bonds. The zero-order chi connectivity index (χ0) is 24.0. The van der Waals surface area contributed by atoms with Crippen molar-refractivity contribution >= 4 is 21.9 Å². The molecule has 10 heteroatoms. The van der Waals surface area contributed by atoms with Crippen LogP contribution in [0.3, 0.4) is 0 Å². The fourth-order valence-electron chi connectivity index (χ4n) is 4.82. The number of fused-ring (bicyclic) bond motifs is 3. The molecule has 7 nitrogen and oxygen atoms in total. The maximum atomic E-state index is 13.2. The van der Waals surface area contributed by atoms with E-state index in [1.165, 1.54) is 0 Å². The van der Waals surface area contributed by atoms with Crippen molar-refractivity contribution in [2.24, 2.45) is 0 Å². The lowest BCUT2D eigenvalue weighted by Gasteiger charge is -2.23. The van der Waals surface area contributed by atoms with Crippen LogP contribution in [-0.4, -0.2) is 46.2 Å². The van der Waals surface area contributed by atoms with Gasteiger partial charge in [0.2, 0.25) is 0 Å². The Balaban J connectivity index is 1.74. The van der Waals surface area contributed by atoms with Gasteiger partial charge in [-0.2, -0.15) is 13.2 Å². The number of imidazole rings is 1. The second-order valence-electron chi connectivity index (χ2n) is 8.63. The Morgan fingerprint density at radius 2 is 1.91 bits per heavy atom. The summed E-state index contributed by atoms with van der Waals surface area (Å²) in [5.41, 5.74) is 4.14. The summed E-state index contributed by atoms with van der Waals surface area (Å²) in [4.78, 5) is 9.35. The largest absolute Gasteiger partial charge is 0.496 e. The Morgan fingerprint density at radius 1 is 1.15 bits per heavy atom. The lowest BCUT2D eigenvalue weighted by Crippen LogP contribution is -2.20. The molecule has 1 aliphatic heterocycles. The van der Waals surface area contributed by atoms with Crippen LogP contribution in [0.5, 0.6) is 5.75 Å². The van der Waals surface area contributed by atoms with E-state index in [1.54, 1.807) is 17.9 Å². The van der Waals surface area contributed by atoms with Crippen LogP contribution in [0.25, 0.3) is 33.1 Å². The molecule has 3 aromatic heterocycles. The molecule has 34 heavy (non-hydrogen) atoms. The standard InChI is InChI=1S/C24H25F3N4O3/c1-13-21(14(2)34-30-13)17-10-18-16(11-20(17)32-3)22-19(12-28-18)29-23(15-4-8-33-9-5-15)31(22)7-6-24(25,26)27/h10-12,15H,4-9H2,1-3H3. The molecule has 0 saturated carbocycles. The predicted octanol–water partition coefficient (Wildman–Crippen LogP) is 5.71. The van der Waals surface area contributed by atoms with E-state index in [9.17, 15) is 13.2 Å². The Bertz CT molecular complexity index is 1330. The number of methoxy groups -OCH3 is 1. The number of aryl methyl sites for hydroxylation is 3. The molecule has 1 fully saturated rings. The molecule has 1 aromatic carbocycles. The number of pyridine rings is 1. The van der Waals surface area contributed by atoms with Gasteiger partial charge in [0.1, 0.15) is 22.9 Å². The number of hydrogen-bond acceptors (Lipinski definition) is 6. The minimum Gasteiger partial charge on any atom is -0.496 e. The monoisotopic (exact) mass is 474 g/mol. The van der Waals surface area contributed by atoms with Gasteiger partial charge in [0.25, 0.3) is 0 Å². The van der Waals surface area contributed by atoms with E-state index in [0.717, 1.165) is 24.0 Å². The van der Waals surface area contributed by atoms with Crippen molar-refractivity contribution in [1.29, 1.82) is 0 Å². The van der Waals surface area contributed by atoms with Crippen molar-refractivity contribution in [2.75, 3.05) is 20.3 Å². The highest BCUT2D eigenvalue weighted by molar-refractivity contribution is 6.05. The normalized spacial score (nSPS) is 15.5. The van der Waals surface area contributed by atoms with Gasteiger partial charge in [-0.15, -0.1) is 0 Å². The van der Waals surface area contributed by atoms with E-state index in [1.807, 2.05) is 26.0 Å². The van der Waals surface area contributed by atoms with Gasteiger partial charge in [-0.3, -0.25) is 4.98 Å². The SMILES string of the molecule is COc1cc2c(cc1-c1c(C)noc1C)ncc1nc(C3CCOCC3)n(CCC(F)(F)F)c12. The third-order valence-electron chi connectivity index (χ3n) is 6.43. The van der Waals surface area contributed by atoms with Gasteiger partial charge in [0.15, 0.2) is 0 Å². The molecule has 0 radical (unpaired) electrons. The highest BCUT2D eigenvalue weighted by atomic mass is 19.4. The van der Waals surface area contributed by atoms with Gasteiger partial charge in [0.05, 0.1) is 42.0 Å². The van der Waals surface area contributed by atoms with Crippen molar-refractivity contribution in [3.05, 3.63) is 35.6 Å². The number of ether oxygens (including phenoxy) is 2. The first kappa shape index (κ1) is 22.6. The van der Waals surface area contributed by atoms with Gasteiger partial charge in [0, 0.05) is 36.6 Å². The highest BCUT2D eigenvalue weighted by Gasteiger charge is 2.30. The maximum absolute atomic E-state index is 13.2. The number of rotatable bonds is 5. The molecule has 4 heterocycles. The molecule has 4 aromatic rings. The quantitative estimate of drug-likeness (QED) is 0.369. The molecular weight excluding hydrogens is 449 g/mol. The van der Waals surface area contributed by atoms with E-state index in [-0.39, 0.29) is 12.5 Å². The van der Waals surface area contributed by atoms with Gasteiger partial charge < -0.3 is 18.6 Å². The van der Waals surface area contributed by atoms with E-state index >= 15 is 0 Å². The molecule has 5 rings (SSSR count). The minimum atomic E-state index is -4.28. The van der Waals surface area contributed by atoms with Crippen molar-refractivity contribution in [2.45, 2.75) is 51.7 Å². The Morgan fingerprint density at radius 3 is 2.56 bits per heavy atom. The fraction of sp³-hybridized carbons (Fsp3) is 0.458. The van der Waals surface area contributed by atoms with Crippen LogP contribution in [0, 0.1) is 13.8 Å². The second kappa shape index (κ2) is 8.57. The van der Waals surface area contributed by atoms with Crippen LogP contribution in [0.15, 0.2) is 22.9 Å². The van der Waals surface area contributed by atoms with E-state index in [4.69, 9.17) is 19.0 Å². The average Bonchev–Trinajstić information content (AvgIpc) is 3.36. The van der Waals surface area contributed by atoms with Gasteiger partial charge in [-0.1, -0.05) is 5.16 Å². The molecule has 0 bridgehead atoms. The summed E-state index contributed by atoms with van der Waals surface area (Å²) in [6.45, 7) is 4.60. The fourth-order valence-corrected chi connectivity index (χ4v) is 4.82. The van der Waals surface area contributed by atoms with Crippen molar-refractivity contribution in [3.63, 3.8) is 0 Å². The molecule has 0 N–H and O–H groups in total. The number of aromatic nitrogens is 4. The lowest BCUT2D eigenvalue weighted by atomic mass is 9.99. The summed E-state index contributed by atoms with van der Waals surface area (Å²) >= 11 is 0. The Kier molecular flexibility index (Phi) is 5.71. The molecular formula is C24H25F3N4O3. The average molecular weight is 474 g/mol. The van der Waals surface area contributed by atoms with Crippen LogP contribution in [0.1, 0.15) is 42.5 Å². The Hall–Kier alpha value is -3.14.